The molecule has 2 fully saturated rings. The van der Waals surface area contributed by atoms with Crippen molar-refractivity contribution >= 4 is 0 Å². The number of piperidine rings is 1. The van der Waals surface area contributed by atoms with Crippen LogP contribution in [0.4, 0.5) is 0 Å². The molecule has 144 valence electrons. The van der Waals surface area contributed by atoms with Gasteiger partial charge in [-0.15, -0.1) is 0 Å². The fourth-order valence-corrected chi connectivity index (χ4v) is 4.74. The second-order valence-electron chi connectivity index (χ2n) is 8.21. The van der Waals surface area contributed by atoms with Gasteiger partial charge in [0.15, 0.2) is 0 Å². The summed E-state index contributed by atoms with van der Waals surface area (Å²) < 4.78 is 7.91. The van der Waals surface area contributed by atoms with E-state index in [1.54, 1.807) is 6.20 Å². The molecule has 2 unspecified atom stereocenters. The largest absolute Gasteiger partial charge is 0.489 e. The molecule has 0 spiro atoms. The smallest absolute Gasteiger partial charge is 0.140 e. The summed E-state index contributed by atoms with van der Waals surface area (Å²) >= 11 is 0. The Bertz CT molecular complexity index is 814. The minimum atomic E-state index is -0.823. The molecular formula is C22H29N3O2. The number of fused-ring (bicyclic) bond motifs is 2. The molecule has 2 saturated heterocycles. The number of benzene rings is 1. The van der Waals surface area contributed by atoms with Crippen LogP contribution in [0, 0.1) is 0 Å². The van der Waals surface area contributed by atoms with Crippen molar-refractivity contribution in [3.63, 3.8) is 0 Å². The first-order valence-corrected chi connectivity index (χ1v) is 9.77. The molecule has 4 rings (SSSR count). The van der Waals surface area contributed by atoms with Gasteiger partial charge in [0.2, 0.25) is 0 Å². The molecule has 1 aromatic heterocycles. The van der Waals surface area contributed by atoms with E-state index in [1.807, 2.05) is 36.9 Å². The van der Waals surface area contributed by atoms with Gasteiger partial charge in [0.1, 0.15) is 23.8 Å². The molecule has 27 heavy (non-hydrogen) atoms. The van der Waals surface area contributed by atoms with E-state index in [2.05, 4.69) is 28.6 Å². The SMILES string of the molecule is C=C(C)COc1ccccc1CN1C2CCC1CC(O)(c1nccn1C)C2. The third kappa shape index (κ3) is 3.54. The van der Waals surface area contributed by atoms with Crippen molar-refractivity contribution in [2.24, 2.45) is 7.05 Å². The zero-order valence-corrected chi connectivity index (χ0v) is 16.3. The maximum atomic E-state index is 11.3. The van der Waals surface area contributed by atoms with Gasteiger partial charge in [0.25, 0.3) is 0 Å². The second kappa shape index (κ2) is 7.13. The Kier molecular flexibility index (Phi) is 4.82. The molecule has 2 bridgehead atoms. The van der Waals surface area contributed by atoms with Crippen LogP contribution in [-0.4, -0.2) is 38.2 Å². The number of para-hydroxylation sites is 1. The monoisotopic (exact) mass is 367 g/mol. The molecule has 5 heteroatoms. The number of aryl methyl sites for hydroxylation is 1. The fraction of sp³-hybridized carbons (Fsp3) is 0.500. The lowest BCUT2D eigenvalue weighted by molar-refractivity contribution is -0.0670. The van der Waals surface area contributed by atoms with Crippen LogP contribution in [0.1, 0.15) is 44.0 Å². The van der Waals surface area contributed by atoms with E-state index in [1.165, 1.54) is 5.56 Å². The van der Waals surface area contributed by atoms with Crippen molar-refractivity contribution < 1.29 is 9.84 Å². The summed E-state index contributed by atoms with van der Waals surface area (Å²) in [4.78, 5) is 6.99. The van der Waals surface area contributed by atoms with Gasteiger partial charge in [-0.05, 0) is 44.2 Å². The van der Waals surface area contributed by atoms with Gasteiger partial charge < -0.3 is 14.4 Å². The zero-order valence-electron chi connectivity index (χ0n) is 16.3. The summed E-state index contributed by atoms with van der Waals surface area (Å²) in [6.07, 6.45) is 7.43. The molecule has 5 nitrogen and oxygen atoms in total. The van der Waals surface area contributed by atoms with Crippen LogP contribution in [0.2, 0.25) is 0 Å². The van der Waals surface area contributed by atoms with Crippen molar-refractivity contribution in [1.29, 1.82) is 0 Å². The average molecular weight is 367 g/mol. The van der Waals surface area contributed by atoms with Gasteiger partial charge >= 0.3 is 0 Å². The molecule has 1 N–H and O–H groups in total. The number of aliphatic hydroxyl groups is 1. The molecule has 2 aliphatic heterocycles. The van der Waals surface area contributed by atoms with Crippen LogP contribution >= 0.6 is 0 Å². The van der Waals surface area contributed by atoms with E-state index >= 15 is 0 Å². The van der Waals surface area contributed by atoms with Crippen molar-refractivity contribution in [2.45, 2.75) is 56.8 Å². The highest BCUT2D eigenvalue weighted by molar-refractivity contribution is 5.34. The summed E-state index contributed by atoms with van der Waals surface area (Å²) in [5.41, 5.74) is 1.40. The Labute approximate surface area is 161 Å². The topological polar surface area (TPSA) is 50.5 Å². The molecule has 2 aliphatic rings. The summed E-state index contributed by atoms with van der Waals surface area (Å²) in [6.45, 7) is 7.31. The van der Waals surface area contributed by atoms with E-state index in [0.717, 1.165) is 49.4 Å². The molecule has 1 aromatic carbocycles. The lowest BCUT2D eigenvalue weighted by atomic mass is 9.85. The van der Waals surface area contributed by atoms with Gasteiger partial charge in [0, 0.05) is 43.6 Å². The molecule has 2 atom stereocenters. The first kappa shape index (κ1) is 18.3. The van der Waals surface area contributed by atoms with Crippen LogP contribution in [0.25, 0.3) is 0 Å². The zero-order chi connectivity index (χ0) is 19.0. The normalized spacial score (nSPS) is 27.7. The van der Waals surface area contributed by atoms with Gasteiger partial charge in [-0.2, -0.15) is 0 Å². The molecular weight excluding hydrogens is 338 g/mol. The highest BCUT2D eigenvalue weighted by Crippen LogP contribution is 2.46. The minimum Gasteiger partial charge on any atom is -0.489 e. The van der Waals surface area contributed by atoms with Gasteiger partial charge in [0.05, 0.1) is 0 Å². The van der Waals surface area contributed by atoms with Crippen molar-refractivity contribution in [2.75, 3.05) is 6.61 Å². The predicted octanol–water partition coefficient (Wildman–Crippen LogP) is 3.39. The first-order chi connectivity index (χ1) is 13.0. The maximum absolute atomic E-state index is 11.3. The number of nitrogens with zero attached hydrogens (tertiary/aromatic N) is 3. The quantitative estimate of drug-likeness (QED) is 0.795. The van der Waals surface area contributed by atoms with Crippen LogP contribution in [-0.2, 0) is 19.2 Å². The van der Waals surface area contributed by atoms with E-state index in [4.69, 9.17) is 4.74 Å². The standard InChI is InChI=1S/C22H29N3O2/c1-16(2)15-27-20-7-5-4-6-17(20)14-25-18-8-9-19(25)13-22(26,12-18)21-23-10-11-24(21)3/h4-7,10-11,18-19,26H,1,8-9,12-15H2,2-3H3. The van der Waals surface area contributed by atoms with Crippen LogP contribution in [0.15, 0.2) is 48.8 Å². The van der Waals surface area contributed by atoms with Crippen molar-refractivity contribution in [3.8, 4) is 5.75 Å². The van der Waals surface area contributed by atoms with Gasteiger partial charge in [-0.1, -0.05) is 24.8 Å². The van der Waals surface area contributed by atoms with Crippen molar-refractivity contribution in [1.82, 2.24) is 14.5 Å². The van der Waals surface area contributed by atoms with Crippen LogP contribution in [0.3, 0.4) is 0 Å². The van der Waals surface area contributed by atoms with Crippen LogP contribution in [0.5, 0.6) is 5.75 Å². The summed E-state index contributed by atoms with van der Waals surface area (Å²) in [6, 6.07) is 9.02. The number of rotatable bonds is 6. The summed E-state index contributed by atoms with van der Waals surface area (Å²) in [5, 5.41) is 11.3. The molecule has 0 amide bonds. The fourth-order valence-electron chi connectivity index (χ4n) is 4.74. The third-order valence-electron chi connectivity index (χ3n) is 5.95. The highest BCUT2D eigenvalue weighted by atomic mass is 16.5. The maximum Gasteiger partial charge on any atom is 0.140 e. The Balaban J connectivity index is 1.51. The average Bonchev–Trinajstić information content (AvgIpc) is 3.17. The number of imidazole rings is 1. The van der Waals surface area contributed by atoms with Gasteiger partial charge in [-0.25, -0.2) is 4.98 Å². The number of hydrogen-bond donors (Lipinski definition) is 1. The van der Waals surface area contributed by atoms with Gasteiger partial charge in [-0.3, -0.25) is 4.90 Å². The molecule has 3 heterocycles. The Morgan fingerprint density at radius 3 is 2.63 bits per heavy atom. The molecule has 0 saturated carbocycles. The first-order valence-electron chi connectivity index (χ1n) is 9.77. The van der Waals surface area contributed by atoms with E-state index in [0.29, 0.717) is 18.7 Å². The van der Waals surface area contributed by atoms with Crippen LogP contribution < -0.4 is 4.74 Å². The summed E-state index contributed by atoms with van der Waals surface area (Å²) in [5.74, 6) is 1.73. The Hall–Kier alpha value is -2.11. The summed E-state index contributed by atoms with van der Waals surface area (Å²) in [7, 11) is 1.96. The minimum absolute atomic E-state index is 0.375. The molecule has 0 aliphatic carbocycles. The predicted molar refractivity (Wildman–Crippen MR) is 105 cm³/mol. The van der Waals surface area contributed by atoms with E-state index in [-0.39, 0.29) is 0 Å². The van der Waals surface area contributed by atoms with E-state index < -0.39 is 5.60 Å². The Morgan fingerprint density at radius 2 is 2.00 bits per heavy atom. The third-order valence-corrected chi connectivity index (χ3v) is 5.95. The van der Waals surface area contributed by atoms with Crippen molar-refractivity contribution in [3.05, 3.63) is 60.2 Å². The molecule has 0 radical (unpaired) electrons. The lowest BCUT2D eigenvalue weighted by Gasteiger charge is -2.43. The Morgan fingerprint density at radius 1 is 1.30 bits per heavy atom. The number of hydrogen-bond acceptors (Lipinski definition) is 4. The number of aromatic nitrogens is 2. The lowest BCUT2D eigenvalue weighted by Crippen LogP contribution is -2.50. The molecule has 2 aromatic rings. The van der Waals surface area contributed by atoms with E-state index in [9.17, 15) is 5.11 Å². The highest BCUT2D eigenvalue weighted by Gasteiger charge is 2.49. The number of ether oxygens (including phenoxy) is 1. The second-order valence-corrected chi connectivity index (χ2v) is 8.21.